The molecule has 0 bridgehead atoms. The molecule has 1 aliphatic rings. The van der Waals surface area contributed by atoms with E-state index < -0.39 is 0 Å². The fraction of sp³-hybridized carbons (Fsp3) is 0.240. The molecule has 1 atom stereocenters. The first-order valence-electron chi connectivity index (χ1n) is 10.1. The molecule has 0 saturated heterocycles. The van der Waals surface area contributed by atoms with Crippen LogP contribution in [0.5, 0.6) is 11.5 Å². The van der Waals surface area contributed by atoms with E-state index >= 15 is 0 Å². The van der Waals surface area contributed by atoms with Gasteiger partial charge in [-0.1, -0.05) is 72.9 Å². The number of aromatic hydroxyl groups is 2. The van der Waals surface area contributed by atoms with Crippen LogP contribution in [-0.2, 0) is 12.8 Å². The Morgan fingerprint density at radius 1 is 0.931 bits per heavy atom. The van der Waals surface area contributed by atoms with Crippen molar-refractivity contribution < 1.29 is 10.2 Å². The van der Waals surface area contributed by atoms with Crippen LogP contribution in [0.25, 0.3) is 0 Å². The molecule has 0 spiro atoms. The largest absolute Gasteiger partial charge is 0.504 e. The van der Waals surface area contributed by atoms with E-state index in [1.807, 2.05) is 24.3 Å². The zero-order valence-corrected chi connectivity index (χ0v) is 17.1. The van der Waals surface area contributed by atoms with Crippen molar-refractivity contribution in [3.8, 4) is 11.5 Å². The molecule has 0 aliphatic carbocycles. The maximum atomic E-state index is 10.1. The van der Waals surface area contributed by atoms with Crippen LogP contribution in [0, 0.1) is 0 Å². The summed E-state index contributed by atoms with van der Waals surface area (Å²) in [4.78, 5) is 3.24. The van der Waals surface area contributed by atoms with Gasteiger partial charge in [0.2, 0.25) is 0 Å². The molecule has 29 heavy (non-hydrogen) atoms. The standard InChI is InChI=1S/C25H25NO2S/c27-22-16-20-14-15-26(24(29)13-7-10-18-8-3-1-4-9-18)25(21(20)17-23(22)28)19-11-5-2-6-12-19/h1-6,8-9,11-12,16-17,25,27-28H,7,10,13-15H2. The fourth-order valence-corrected chi connectivity index (χ4v) is 4.48. The van der Waals surface area contributed by atoms with Gasteiger partial charge in [-0.05, 0) is 60.1 Å². The van der Waals surface area contributed by atoms with Gasteiger partial charge in [0.25, 0.3) is 0 Å². The molecule has 0 fully saturated rings. The zero-order chi connectivity index (χ0) is 20.2. The van der Waals surface area contributed by atoms with Crippen LogP contribution >= 0.6 is 12.2 Å². The summed E-state index contributed by atoms with van der Waals surface area (Å²) >= 11 is 5.87. The van der Waals surface area contributed by atoms with Crippen LogP contribution in [0.15, 0.2) is 72.8 Å². The number of rotatable bonds is 5. The van der Waals surface area contributed by atoms with E-state index in [1.54, 1.807) is 12.1 Å². The van der Waals surface area contributed by atoms with Gasteiger partial charge in [0.15, 0.2) is 11.5 Å². The van der Waals surface area contributed by atoms with Gasteiger partial charge in [-0.3, -0.25) is 0 Å². The van der Waals surface area contributed by atoms with Gasteiger partial charge in [0.05, 0.1) is 11.0 Å². The second-order valence-electron chi connectivity index (χ2n) is 7.53. The lowest BCUT2D eigenvalue weighted by Gasteiger charge is -2.39. The second kappa shape index (κ2) is 8.66. The molecule has 1 heterocycles. The third-order valence-corrected chi connectivity index (χ3v) is 6.04. The zero-order valence-electron chi connectivity index (χ0n) is 16.3. The number of aryl methyl sites for hydroxylation is 1. The van der Waals surface area contributed by atoms with Gasteiger partial charge < -0.3 is 15.1 Å². The quantitative estimate of drug-likeness (QED) is 0.442. The summed E-state index contributed by atoms with van der Waals surface area (Å²) in [6.45, 7) is 0.806. The Bertz CT molecular complexity index is 988. The smallest absolute Gasteiger partial charge is 0.157 e. The van der Waals surface area contributed by atoms with Crippen LogP contribution < -0.4 is 0 Å². The van der Waals surface area contributed by atoms with Gasteiger partial charge in [-0.2, -0.15) is 0 Å². The molecule has 3 aromatic carbocycles. The van der Waals surface area contributed by atoms with E-state index in [9.17, 15) is 10.2 Å². The van der Waals surface area contributed by atoms with E-state index in [4.69, 9.17) is 12.2 Å². The molecule has 148 valence electrons. The summed E-state index contributed by atoms with van der Waals surface area (Å²) in [5.74, 6) is -0.143. The highest BCUT2D eigenvalue weighted by Crippen LogP contribution is 2.40. The predicted molar refractivity (Wildman–Crippen MR) is 120 cm³/mol. The van der Waals surface area contributed by atoms with Crippen molar-refractivity contribution in [2.45, 2.75) is 31.7 Å². The lowest BCUT2D eigenvalue weighted by atomic mass is 9.87. The van der Waals surface area contributed by atoms with Crippen molar-refractivity contribution in [1.29, 1.82) is 0 Å². The molecular weight excluding hydrogens is 378 g/mol. The van der Waals surface area contributed by atoms with Crippen LogP contribution in [-0.4, -0.2) is 26.6 Å². The van der Waals surface area contributed by atoms with Crippen molar-refractivity contribution in [2.75, 3.05) is 6.54 Å². The maximum Gasteiger partial charge on any atom is 0.157 e. The van der Waals surface area contributed by atoms with Gasteiger partial charge in [0.1, 0.15) is 0 Å². The van der Waals surface area contributed by atoms with Crippen molar-refractivity contribution in [1.82, 2.24) is 4.90 Å². The Hall–Kier alpha value is -2.85. The summed E-state index contributed by atoms with van der Waals surface area (Å²) in [5, 5.41) is 20.1. The van der Waals surface area contributed by atoms with Crippen molar-refractivity contribution in [2.24, 2.45) is 0 Å². The predicted octanol–water partition coefficient (Wildman–Crippen LogP) is 5.40. The average molecular weight is 404 g/mol. The summed E-state index contributed by atoms with van der Waals surface area (Å²) in [6, 6.07) is 24.1. The van der Waals surface area contributed by atoms with Gasteiger partial charge in [-0.15, -0.1) is 0 Å². The van der Waals surface area contributed by atoms with Crippen LogP contribution in [0.4, 0.5) is 0 Å². The number of phenolic OH excluding ortho intramolecular Hbond substituents is 2. The Morgan fingerprint density at radius 3 is 2.31 bits per heavy atom. The molecule has 1 unspecified atom stereocenters. The Morgan fingerprint density at radius 2 is 1.59 bits per heavy atom. The van der Waals surface area contributed by atoms with Gasteiger partial charge in [-0.25, -0.2) is 0 Å². The van der Waals surface area contributed by atoms with E-state index in [0.29, 0.717) is 0 Å². The van der Waals surface area contributed by atoms with Crippen molar-refractivity contribution in [3.05, 3.63) is 95.1 Å². The Balaban J connectivity index is 1.58. The number of benzene rings is 3. The maximum absolute atomic E-state index is 10.1. The minimum atomic E-state index is -0.0819. The van der Waals surface area contributed by atoms with Crippen LogP contribution in [0.1, 0.15) is 41.1 Å². The lowest BCUT2D eigenvalue weighted by molar-refractivity contribution is 0.332. The van der Waals surface area contributed by atoms with Crippen molar-refractivity contribution in [3.63, 3.8) is 0 Å². The molecule has 4 heteroatoms. The third-order valence-electron chi connectivity index (χ3n) is 5.60. The summed E-state index contributed by atoms with van der Waals surface area (Å²) in [7, 11) is 0. The fourth-order valence-electron chi connectivity index (χ4n) is 4.14. The highest BCUT2D eigenvalue weighted by Gasteiger charge is 2.31. The number of thiocarbonyl (C=S) groups is 1. The average Bonchev–Trinajstić information content (AvgIpc) is 2.75. The van der Waals surface area contributed by atoms with E-state index in [0.717, 1.165) is 53.9 Å². The molecule has 3 nitrogen and oxygen atoms in total. The monoisotopic (exact) mass is 403 g/mol. The first-order chi connectivity index (χ1) is 14.1. The lowest BCUT2D eigenvalue weighted by Crippen LogP contribution is -2.39. The summed E-state index contributed by atoms with van der Waals surface area (Å²) in [5.41, 5.74) is 4.56. The number of nitrogens with zero attached hydrogens (tertiary/aromatic N) is 1. The number of hydrogen-bond acceptors (Lipinski definition) is 3. The summed E-state index contributed by atoms with van der Waals surface area (Å²) < 4.78 is 0. The molecule has 2 N–H and O–H groups in total. The molecule has 1 aliphatic heterocycles. The normalized spacial score (nSPS) is 15.7. The summed E-state index contributed by atoms with van der Waals surface area (Å²) in [6.07, 6.45) is 3.67. The molecular formula is C25H25NO2S. The minimum Gasteiger partial charge on any atom is -0.504 e. The van der Waals surface area contributed by atoms with Gasteiger partial charge in [0, 0.05) is 6.54 Å². The topological polar surface area (TPSA) is 43.7 Å². The van der Waals surface area contributed by atoms with E-state index in [1.165, 1.54) is 5.56 Å². The first-order valence-corrected chi connectivity index (χ1v) is 10.5. The first kappa shape index (κ1) is 19.5. The van der Waals surface area contributed by atoms with Crippen LogP contribution in [0.2, 0.25) is 0 Å². The second-order valence-corrected chi connectivity index (χ2v) is 8.00. The van der Waals surface area contributed by atoms with E-state index in [2.05, 4.69) is 41.3 Å². The van der Waals surface area contributed by atoms with Gasteiger partial charge >= 0.3 is 0 Å². The Labute approximate surface area is 177 Å². The van der Waals surface area contributed by atoms with Crippen LogP contribution in [0.3, 0.4) is 0 Å². The molecule has 0 amide bonds. The molecule has 0 radical (unpaired) electrons. The number of fused-ring (bicyclic) bond motifs is 1. The van der Waals surface area contributed by atoms with E-state index in [-0.39, 0.29) is 17.5 Å². The SMILES string of the molecule is Oc1cc2c(cc1O)C(c1ccccc1)N(C(=S)CCCc1ccccc1)CC2. The molecule has 4 rings (SSSR count). The Kier molecular flexibility index (Phi) is 5.81. The van der Waals surface area contributed by atoms with Crippen molar-refractivity contribution >= 4 is 17.2 Å². The molecule has 0 aromatic heterocycles. The number of phenols is 2. The highest BCUT2D eigenvalue weighted by atomic mass is 32.1. The third kappa shape index (κ3) is 4.28. The highest BCUT2D eigenvalue weighted by molar-refractivity contribution is 7.80. The molecule has 3 aromatic rings. The molecule has 0 saturated carbocycles. The minimum absolute atomic E-state index is 0.0457. The number of hydrogen-bond donors (Lipinski definition) is 2.